The van der Waals surface area contributed by atoms with Crippen molar-refractivity contribution < 1.29 is 4.79 Å². The monoisotopic (exact) mass is 322 g/mol. The molecule has 0 spiro atoms. The Kier molecular flexibility index (Phi) is 5.03. The normalized spacial score (nSPS) is 11.0. The van der Waals surface area contributed by atoms with Crippen LogP contribution in [0.4, 0.5) is 11.4 Å². The van der Waals surface area contributed by atoms with Crippen LogP contribution in [-0.4, -0.2) is 11.7 Å². The summed E-state index contributed by atoms with van der Waals surface area (Å²) >= 11 is 11.5. The Balaban J connectivity index is 1.96. The zero-order chi connectivity index (χ0) is 15.2. The summed E-state index contributed by atoms with van der Waals surface area (Å²) in [5.74, 6) is -0.710. The number of halogens is 2. The van der Waals surface area contributed by atoms with Crippen molar-refractivity contribution in [3.8, 4) is 0 Å². The SMILES string of the molecule is N/C(=N\Nc1ccc(Cl)cc1)C(=O)Nc1ccc(Cl)cc1. The molecule has 0 radical (unpaired) electrons. The van der Waals surface area contributed by atoms with Gasteiger partial charge < -0.3 is 11.1 Å². The summed E-state index contributed by atoms with van der Waals surface area (Å²) in [6, 6.07) is 13.5. The Labute approximate surface area is 131 Å². The average molecular weight is 323 g/mol. The molecule has 0 fully saturated rings. The lowest BCUT2D eigenvalue weighted by Gasteiger charge is -2.05. The fourth-order valence-electron chi connectivity index (χ4n) is 1.43. The van der Waals surface area contributed by atoms with E-state index >= 15 is 0 Å². The van der Waals surface area contributed by atoms with Gasteiger partial charge in [-0.25, -0.2) is 0 Å². The third-order valence-corrected chi connectivity index (χ3v) is 2.99. The number of hydrogen-bond acceptors (Lipinski definition) is 3. The molecule has 21 heavy (non-hydrogen) atoms. The number of hydrogen-bond donors (Lipinski definition) is 3. The second-order valence-corrected chi connectivity index (χ2v) is 4.95. The zero-order valence-electron chi connectivity index (χ0n) is 10.8. The van der Waals surface area contributed by atoms with E-state index in [0.717, 1.165) is 0 Å². The average Bonchev–Trinajstić information content (AvgIpc) is 2.48. The number of amides is 1. The highest BCUT2D eigenvalue weighted by atomic mass is 35.5. The minimum absolute atomic E-state index is 0.195. The predicted molar refractivity (Wildman–Crippen MR) is 86.8 cm³/mol. The first-order valence-electron chi connectivity index (χ1n) is 5.96. The topological polar surface area (TPSA) is 79.5 Å². The largest absolute Gasteiger partial charge is 0.378 e. The summed E-state index contributed by atoms with van der Waals surface area (Å²) in [5, 5.41) is 7.59. The number of anilines is 2. The second kappa shape index (κ2) is 6.97. The first-order chi connectivity index (χ1) is 10.0. The molecule has 2 rings (SSSR count). The zero-order valence-corrected chi connectivity index (χ0v) is 12.3. The number of rotatable bonds is 3. The third-order valence-electron chi connectivity index (χ3n) is 2.48. The van der Waals surface area contributed by atoms with Gasteiger partial charge >= 0.3 is 0 Å². The number of nitrogens with zero attached hydrogens (tertiary/aromatic N) is 1. The van der Waals surface area contributed by atoms with E-state index in [2.05, 4.69) is 15.8 Å². The van der Waals surface area contributed by atoms with Gasteiger partial charge in [-0.2, -0.15) is 5.10 Å². The smallest absolute Gasteiger partial charge is 0.292 e. The van der Waals surface area contributed by atoms with Crippen molar-refractivity contribution in [1.82, 2.24) is 0 Å². The molecule has 7 heteroatoms. The number of amidine groups is 1. The molecular formula is C14H12Cl2N4O. The van der Waals surface area contributed by atoms with Gasteiger partial charge in [-0.05, 0) is 48.5 Å². The first kappa shape index (κ1) is 15.2. The lowest BCUT2D eigenvalue weighted by molar-refractivity contribution is -0.110. The highest BCUT2D eigenvalue weighted by Crippen LogP contribution is 2.14. The Hall–Kier alpha value is -2.24. The minimum atomic E-state index is -0.515. The summed E-state index contributed by atoms with van der Waals surface area (Å²) in [6.07, 6.45) is 0. The Morgan fingerprint density at radius 3 is 1.90 bits per heavy atom. The van der Waals surface area contributed by atoms with Crippen LogP contribution in [-0.2, 0) is 4.79 Å². The standard InChI is InChI=1S/C14H12Cl2N4O/c15-9-1-5-11(6-2-9)18-14(21)13(17)20-19-12-7-3-10(16)4-8-12/h1-8,19H,(H2,17,20)(H,18,21). The minimum Gasteiger partial charge on any atom is -0.378 e. The predicted octanol–water partition coefficient (Wildman–Crippen LogP) is 3.32. The van der Waals surface area contributed by atoms with Crippen LogP contribution in [0.2, 0.25) is 10.0 Å². The van der Waals surface area contributed by atoms with Crippen molar-refractivity contribution in [3.05, 3.63) is 58.6 Å². The number of carbonyl (C=O) groups is 1. The molecule has 0 saturated carbocycles. The van der Waals surface area contributed by atoms with Crippen molar-refractivity contribution in [2.24, 2.45) is 10.8 Å². The number of nitrogens with one attached hydrogen (secondary N) is 2. The van der Waals surface area contributed by atoms with E-state index in [1.54, 1.807) is 48.5 Å². The molecule has 5 nitrogen and oxygen atoms in total. The van der Waals surface area contributed by atoms with E-state index in [4.69, 9.17) is 28.9 Å². The van der Waals surface area contributed by atoms with Gasteiger partial charge in [-0.1, -0.05) is 23.2 Å². The van der Waals surface area contributed by atoms with Crippen molar-refractivity contribution in [3.63, 3.8) is 0 Å². The van der Waals surface area contributed by atoms with Crippen LogP contribution in [0, 0.1) is 0 Å². The lowest BCUT2D eigenvalue weighted by Crippen LogP contribution is -2.31. The Morgan fingerprint density at radius 1 is 0.905 bits per heavy atom. The van der Waals surface area contributed by atoms with Gasteiger partial charge in [0.25, 0.3) is 5.91 Å². The van der Waals surface area contributed by atoms with Crippen molar-refractivity contribution in [2.45, 2.75) is 0 Å². The van der Waals surface area contributed by atoms with E-state index in [1.165, 1.54) is 0 Å². The molecule has 1 amide bonds. The number of benzene rings is 2. The molecule has 0 heterocycles. The number of hydrazone groups is 1. The number of nitrogens with two attached hydrogens (primary N) is 1. The summed E-state index contributed by atoms with van der Waals surface area (Å²) in [7, 11) is 0. The van der Waals surface area contributed by atoms with Crippen molar-refractivity contribution >= 4 is 46.3 Å². The van der Waals surface area contributed by atoms with Crippen molar-refractivity contribution in [2.75, 3.05) is 10.7 Å². The van der Waals surface area contributed by atoms with Crippen LogP contribution in [0.3, 0.4) is 0 Å². The van der Waals surface area contributed by atoms with Crippen LogP contribution < -0.4 is 16.5 Å². The summed E-state index contributed by atoms with van der Waals surface area (Å²) < 4.78 is 0. The van der Waals surface area contributed by atoms with Gasteiger partial charge in [0.1, 0.15) is 0 Å². The van der Waals surface area contributed by atoms with Gasteiger partial charge in [-0.15, -0.1) is 0 Å². The maximum absolute atomic E-state index is 11.8. The maximum Gasteiger partial charge on any atom is 0.292 e. The molecular weight excluding hydrogens is 311 g/mol. The molecule has 4 N–H and O–H groups in total. The molecule has 0 aliphatic rings. The van der Waals surface area contributed by atoms with E-state index < -0.39 is 5.91 Å². The van der Waals surface area contributed by atoms with Crippen LogP contribution in [0.1, 0.15) is 0 Å². The Bertz CT molecular complexity index is 654. The first-order valence-corrected chi connectivity index (χ1v) is 6.72. The summed E-state index contributed by atoms with van der Waals surface area (Å²) in [5.41, 5.74) is 9.51. The van der Waals surface area contributed by atoms with Gasteiger partial charge in [-0.3, -0.25) is 10.2 Å². The van der Waals surface area contributed by atoms with Gasteiger partial charge in [0, 0.05) is 15.7 Å². The fourth-order valence-corrected chi connectivity index (χ4v) is 1.68. The van der Waals surface area contributed by atoms with Crippen LogP contribution in [0.25, 0.3) is 0 Å². The lowest BCUT2D eigenvalue weighted by atomic mass is 10.3. The summed E-state index contributed by atoms with van der Waals surface area (Å²) in [4.78, 5) is 11.8. The fraction of sp³-hybridized carbons (Fsp3) is 0. The van der Waals surface area contributed by atoms with Crippen LogP contribution in [0.15, 0.2) is 53.6 Å². The quantitative estimate of drug-likeness (QED) is 0.460. The van der Waals surface area contributed by atoms with Gasteiger partial charge in [0.15, 0.2) is 0 Å². The molecule has 0 aromatic heterocycles. The molecule has 2 aromatic carbocycles. The van der Waals surface area contributed by atoms with Crippen LogP contribution >= 0.6 is 23.2 Å². The molecule has 108 valence electrons. The third kappa shape index (κ3) is 4.66. The molecule has 0 bridgehead atoms. The van der Waals surface area contributed by atoms with E-state index in [9.17, 15) is 4.79 Å². The van der Waals surface area contributed by atoms with Crippen LogP contribution in [0.5, 0.6) is 0 Å². The Morgan fingerprint density at radius 2 is 1.38 bits per heavy atom. The van der Waals surface area contributed by atoms with Gasteiger partial charge in [0.05, 0.1) is 5.69 Å². The highest BCUT2D eigenvalue weighted by Gasteiger charge is 2.07. The van der Waals surface area contributed by atoms with E-state index in [-0.39, 0.29) is 5.84 Å². The van der Waals surface area contributed by atoms with Crippen molar-refractivity contribution in [1.29, 1.82) is 0 Å². The number of carbonyl (C=O) groups excluding carboxylic acids is 1. The van der Waals surface area contributed by atoms with Gasteiger partial charge in [0.2, 0.25) is 5.84 Å². The highest BCUT2D eigenvalue weighted by molar-refractivity contribution is 6.41. The molecule has 0 atom stereocenters. The molecule has 2 aromatic rings. The molecule has 0 aliphatic carbocycles. The van der Waals surface area contributed by atoms with E-state index in [1.807, 2.05) is 0 Å². The summed E-state index contributed by atoms with van der Waals surface area (Å²) in [6.45, 7) is 0. The second-order valence-electron chi connectivity index (χ2n) is 4.08. The molecule has 0 unspecified atom stereocenters. The molecule has 0 aliphatic heterocycles. The molecule has 0 saturated heterocycles. The maximum atomic E-state index is 11.8. The van der Waals surface area contributed by atoms with E-state index in [0.29, 0.717) is 21.4 Å².